The van der Waals surface area contributed by atoms with Crippen LogP contribution in [-0.2, 0) is 5.33 Å². The summed E-state index contributed by atoms with van der Waals surface area (Å²) in [5, 5.41) is 1.97. The smallest absolute Gasteiger partial charge is 0.0734 e. The van der Waals surface area contributed by atoms with Gasteiger partial charge in [0.05, 0.1) is 10.0 Å². The van der Waals surface area contributed by atoms with Crippen LogP contribution >= 0.6 is 50.9 Å². The molecule has 0 bridgehead atoms. The molecule has 0 aliphatic carbocycles. The molecule has 0 amide bonds. The van der Waals surface area contributed by atoms with Crippen molar-refractivity contribution in [3.05, 3.63) is 57.6 Å². The number of halogens is 3. The van der Waals surface area contributed by atoms with Crippen molar-refractivity contribution in [1.82, 2.24) is 0 Å². The van der Waals surface area contributed by atoms with E-state index in [1.165, 1.54) is 10.5 Å². The summed E-state index contributed by atoms with van der Waals surface area (Å²) >= 11 is 17.8. The number of benzene rings is 2. The fourth-order valence-electron chi connectivity index (χ4n) is 1.92. The van der Waals surface area contributed by atoms with Crippen LogP contribution in [0.3, 0.4) is 0 Å². The van der Waals surface area contributed by atoms with Crippen molar-refractivity contribution in [2.75, 3.05) is 0 Å². The maximum Gasteiger partial charge on any atom is 0.0734 e. The van der Waals surface area contributed by atoms with Crippen LogP contribution < -0.4 is 0 Å². The first-order valence-corrected chi connectivity index (χ1v) is 9.03. The summed E-state index contributed by atoms with van der Waals surface area (Å²) in [5.74, 6) is 0.481. The Morgan fingerprint density at radius 1 is 1.00 bits per heavy atom. The molecule has 20 heavy (non-hydrogen) atoms. The van der Waals surface area contributed by atoms with Crippen LogP contribution in [0.25, 0.3) is 0 Å². The van der Waals surface area contributed by atoms with Gasteiger partial charge in [0.15, 0.2) is 0 Å². The Kier molecular flexibility index (Phi) is 5.85. The predicted octanol–water partition coefficient (Wildman–Crippen LogP) is 7.16. The molecule has 0 spiro atoms. The molecule has 0 aliphatic heterocycles. The second-order valence-corrected chi connectivity index (χ2v) is 7.18. The molecular weight excluding hydrogens is 375 g/mol. The van der Waals surface area contributed by atoms with E-state index in [1.807, 2.05) is 12.1 Å². The highest BCUT2D eigenvalue weighted by Crippen LogP contribution is 2.41. The number of rotatable bonds is 4. The van der Waals surface area contributed by atoms with Crippen molar-refractivity contribution < 1.29 is 0 Å². The van der Waals surface area contributed by atoms with Crippen molar-refractivity contribution in [2.24, 2.45) is 0 Å². The number of hydrogen-bond acceptors (Lipinski definition) is 1. The number of hydrogen-bond donors (Lipinski definition) is 0. The van der Waals surface area contributed by atoms with Crippen LogP contribution in [0, 0.1) is 0 Å². The van der Waals surface area contributed by atoms with E-state index in [0.29, 0.717) is 21.3 Å². The lowest BCUT2D eigenvalue weighted by atomic mass is 10.0. The van der Waals surface area contributed by atoms with E-state index >= 15 is 0 Å². The summed E-state index contributed by atoms with van der Waals surface area (Å²) in [6.45, 7) is 4.39. The van der Waals surface area contributed by atoms with E-state index in [1.54, 1.807) is 11.8 Å². The first-order valence-electron chi connectivity index (χ1n) is 6.34. The third kappa shape index (κ3) is 3.54. The Labute approximate surface area is 143 Å². The second kappa shape index (κ2) is 7.22. The minimum absolute atomic E-state index is 0.481. The fourth-order valence-corrected chi connectivity index (χ4v) is 4.27. The molecule has 0 unspecified atom stereocenters. The molecule has 0 atom stereocenters. The lowest BCUT2D eigenvalue weighted by Crippen LogP contribution is -1.91. The van der Waals surface area contributed by atoms with E-state index in [0.717, 1.165) is 10.5 Å². The van der Waals surface area contributed by atoms with Gasteiger partial charge < -0.3 is 0 Å². The predicted molar refractivity (Wildman–Crippen MR) is 93.7 cm³/mol. The molecule has 2 aromatic rings. The second-order valence-electron chi connectivity index (χ2n) is 4.78. The van der Waals surface area contributed by atoms with Crippen LogP contribution in [0.5, 0.6) is 0 Å². The van der Waals surface area contributed by atoms with Gasteiger partial charge in [-0.1, -0.05) is 89.0 Å². The molecule has 0 N–H and O–H groups in total. The molecule has 106 valence electrons. The lowest BCUT2D eigenvalue weighted by molar-refractivity contribution is 0.842. The Balaban J connectivity index is 2.38. The highest BCUT2D eigenvalue weighted by molar-refractivity contribution is 9.08. The first-order chi connectivity index (χ1) is 9.54. The molecular formula is C16H15BrCl2S. The molecule has 0 heterocycles. The van der Waals surface area contributed by atoms with Gasteiger partial charge in [-0.3, -0.25) is 0 Å². The zero-order chi connectivity index (χ0) is 14.7. The summed E-state index contributed by atoms with van der Waals surface area (Å²) in [4.78, 5) is 2.22. The quantitative estimate of drug-likeness (QED) is 0.499. The van der Waals surface area contributed by atoms with E-state index < -0.39 is 0 Å². The van der Waals surface area contributed by atoms with Gasteiger partial charge in [-0.15, -0.1) is 0 Å². The maximum absolute atomic E-state index is 6.39. The molecule has 0 nitrogen and oxygen atoms in total. The van der Waals surface area contributed by atoms with Crippen molar-refractivity contribution in [3.63, 3.8) is 0 Å². The van der Waals surface area contributed by atoms with Crippen molar-refractivity contribution >= 4 is 50.9 Å². The summed E-state index contributed by atoms with van der Waals surface area (Å²) in [6.07, 6.45) is 0. The average molecular weight is 390 g/mol. The minimum Gasteiger partial charge on any atom is -0.0882 e. The molecule has 0 aliphatic rings. The van der Waals surface area contributed by atoms with Crippen molar-refractivity contribution in [2.45, 2.75) is 34.9 Å². The van der Waals surface area contributed by atoms with Gasteiger partial charge in [0.1, 0.15) is 0 Å². The van der Waals surface area contributed by atoms with E-state index in [9.17, 15) is 0 Å². The molecule has 0 saturated heterocycles. The van der Waals surface area contributed by atoms with Crippen LogP contribution in [0.4, 0.5) is 0 Å². The Bertz CT molecular complexity index is 611. The monoisotopic (exact) mass is 388 g/mol. The van der Waals surface area contributed by atoms with Gasteiger partial charge in [0.25, 0.3) is 0 Å². The Morgan fingerprint density at radius 2 is 1.70 bits per heavy atom. The first kappa shape index (κ1) is 16.2. The van der Waals surface area contributed by atoms with Gasteiger partial charge in [-0.05, 0) is 29.2 Å². The SMILES string of the molecule is CC(C)c1ccccc1Sc1ccc(CBr)c(Cl)c1Cl. The summed E-state index contributed by atoms with van der Waals surface area (Å²) in [7, 11) is 0. The van der Waals surface area contributed by atoms with Crippen LogP contribution in [-0.4, -0.2) is 0 Å². The topological polar surface area (TPSA) is 0 Å². The summed E-state index contributed by atoms with van der Waals surface area (Å²) in [6, 6.07) is 12.5. The highest BCUT2D eigenvalue weighted by atomic mass is 79.9. The van der Waals surface area contributed by atoms with E-state index in [2.05, 4.69) is 54.0 Å². The molecule has 0 saturated carbocycles. The van der Waals surface area contributed by atoms with Gasteiger partial charge in [0, 0.05) is 15.1 Å². The third-order valence-corrected chi connectivity index (χ3v) is 5.82. The zero-order valence-corrected chi connectivity index (χ0v) is 15.2. The molecule has 2 rings (SSSR count). The van der Waals surface area contributed by atoms with Crippen LogP contribution in [0.1, 0.15) is 30.9 Å². The fraction of sp³-hybridized carbons (Fsp3) is 0.250. The summed E-state index contributed by atoms with van der Waals surface area (Å²) < 4.78 is 0. The van der Waals surface area contributed by atoms with Crippen LogP contribution in [0.15, 0.2) is 46.2 Å². The molecule has 2 aromatic carbocycles. The van der Waals surface area contributed by atoms with E-state index in [-0.39, 0.29) is 0 Å². The molecule has 0 aromatic heterocycles. The van der Waals surface area contributed by atoms with Gasteiger partial charge in [0.2, 0.25) is 0 Å². The zero-order valence-electron chi connectivity index (χ0n) is 11.3. The number of alkyl halides is 1. The minimum atomic E-state index is 0.481. The molecule has 0 fully saturated rings. The van der Waals surface area contributed by atoms with Crippen molar-refractivity contribution in [3.8, 4) is 0 Å². The Hall–Kier alpha value is -0.150. The maximum atomic E-state index is 6.39. The Morgan fingerprint density at radius 3 is 2.35 bits per heavy atom. The summed E-state index contributed by atoms with van der Waals surface area (Å²) in [5.41, 5.74) is 2.34. The average Bonchev–Trinajstić information content (AvgIpc) is 2.44. The van der Waals surface area contributed by atoms with Gasteiger partial charge in [-0.2, -0.15) is 0 Å². The van der Waals surface area contributed by atoms with Crippen molar-refractivity contribution in [1.29, 1.82) is 0 Å². The molecule has 0 radical (unpaired) electrons. The van der Waals surface area contributed by atoms with Gasteiger partial charge in [-0.25, -0.2) is 0 Å². The highest BCUT2D eigenvalue weighted by Gasteiger charge is 2.13. The third-order valence-electron chi connectivity index (χ3n) is 3.03. The standard InChI is InChI=1S/C16H15BrCl2S/c1-10(2)12-5-3-4-6-13(12)20-14-8-7-11(9-17)15(18)16(14)19/h3-8,10H,9H2,1-2H3. The van der Waals surface area contributed by atoms with E-state index in [4.69, 9.17) is 23.2 Å². The lowest BCUT2D eigenvalue weighted by Gasteiger charge is -2.14. The molecule has 4 heteroatoms. The van der Waals surface area contributed by atoms with Crippen LogP contribution in [0.2, 0.25) is 10.0 Å². The normalized spacial score (nSPS) is 11.1. The largest absolute Gasteiger partial charge is 0.0882 e. The van der Waals surface area contributed by atoms with Gasteiger partial charge >= 0.3 is 0 Å².